The number of hydrogen-bond acceptors (Lipinski definition) is 3. The Balaban J connectivity index is 0.894. The van der Waals surface area contributed by atoms with E-state index in [0.29, 0.717) is 5.41 Å². The largest absolute Gasteiger partial charge is 0.310 e. The monoisotopic (exact) mass is 892 g/mol. The van der Waals surface area contributed by atoms with E-state index in [1.54, 1.807) is 5.56 Å². The van der Waals surface area contributed by atoms with Crippen LogP contribution in [0.5, 0.6) is 0 Å². The number of benzene rings is 9. The van der Waals surface area contributed by atoms with Crippen molar-refractivity contribution < 1.29 is 0 Å². The van der Waals surface area contributed by atoms with Crippen molar-refractivity contribution in [1.29, 1.82) is 0 Å². The third-order valence-corrected chi connectivity index (χ3v) is 17.6. The lowest BCUT2D eigenvalue weighted by molar-refractivity contribution is -0.00518. The Hall–Kier alpha value is -7.07. The Morgan fingerprint density at radius 3 is 1.49 bits per heavy atom. The summed E-state index contributed by atoms with van der Waals surface area (Å²) in [5.74, 6) is 2.72. The van der Waals surface area contributed by atoms with Crippen LogP contribution in [0.4, 0.5) is 34.1 Å². The summed E-state index contributed by atoms with van der Waals surface area (Å²) in [5.41, 5.74) is 18.7. The molecule has 0 spiro atoms. The zero-order valence-corrected chi connectivity index (χ0v) is 39.0. The van der Waals surface area contributed by atoms with Gasteiger partial charge in [-0.25, -0.2) is 0 Å². The Bertz CT molecular complexity index is 3220. The minimum absolute atomic E-state index is 0.340. The van der Waals surface area contributed by atoms with Gasteiger partial charge >= 0.3 is 0 Å². The van der Waals surface area contributed by atoms with Gasteiger partial charge in [0.1, 0.15) is 0 Å². The van der Waals surface area contributed by atoms with Gasteiger partial charge < -0.3 is 9.80 Å². The van der Waals surface area contributed by atoms with Gasteiger partial charge in [-0.2, -0.15) is 0 Å². The van der Waals surface area contributed by atoms with E-state index >= 15 is 0 Å². The van der Waals surface area contributed by atoms with Crippen LogP contribution >= 0.6 is 11.8 Å². The van der Waals surface area contributed by atoms with E-state index in [1.165, 1.54) is 116 Å². The summed E-state index contributed by atoms with van der Waals surface area (Å²) in [7, 11) is 0. The summed E-state index contributed by atoms with van der Waals surface area (Å²) >= 11 is 1.85. The summed E-state index contributed by atoms with van der Waals surface area (Å²) in [6.45, 7) is 0. The van der Waals surface area contributed by atoms with Crippen LogP contribution in [-0.2, 0) is 10.8 Å². The van der Waals surface area contributed by atoms with Crippen LogP contribution in [0.2, 0.25) is 0 Å². The Labute approximate surface area is 405 Å². The summed E-state index contributed by atoms with van der Waals surface area (Å²) in [6, 6.07) is 84.4. The molecular weight excluding hydrogens is 841 g/mol. The maximum atomic E-state index is 2.54. The predicted molar refractivity (Wildman–Crippen MR) is 283 cm³/mol. The van der Waals surface area contributed by atoms with E-state index in [-0.39, 0.29) is 0 Å². The van der Waals surface area contributed by atoms with E-state index in [2.05, 4.69) is 234 Å². The van der Waals surface area contributed by atoms with Gasteiger partial charge in [0.25, 0.3) is 0 Å². The SMILES string of the molecule is c1ccc(C2(c3ccccc3)c3ccccc3-c3c(N(c4ccc(-c5ccc(N6c7ccccc7Sc7ccccc76)cc5)cc4)c4ccc(C56CC7CC(CC(C7)C5)C6)cc4)cccc32)cc1. The van der Waals surface area contributed by atoms with Crippen molar-refractivity contribution in [1.82, 2.24) is 0 Å². The molecule has 0 radical (unpaired) electrons. The topological polar surface area (TPSA) is 6.48 Å². The van der Waals surface area contributed by atoms with Crippen LogP contribution in [0.3, 0.4) is 0 Å². The van der Waals surface area contributed by atoms with E-state index in [9.17, 15) is 0 Å². The number of nitrogens with zero attached hydrogens (tertiary/aromatic N) is 2. The first kappa shape index (κ1) is 40.0. The second-order valence-electron chi connectivity index (χ2n) is 20.3. The fourth-order valence-corrected chi connectivity index (χ4v) is 15.2. The molecule has 4 bridgehead atoms. The van der Waals surface area contributed by atoms with Gasteiger partial charge in [-0.3, -0.25) is 0 Å². The first-order chi connectivity index (χ1) is 33.6. The maximum absolute atomic E-state index is 2.54. The van der Waals surface area contributed by atoms with Gasteiger partial charge in [-0.1, -0.05) is 169 Å². The highest BCUT2D eigenvalue weighted by Gasteiger charge is 2.52. The molecule has 6 aliphatic rings. The molecule has 9 aromatic carbocycles. The number of hydrogen-bond donors (Lipinski definition) is 0. The molecule has 0 aromatic heterocycles. The van der Waals surface area contributed by atoms with Gasteiger partial charge in [-0.05, 0) is 173 Å². The van der Waals surface area contributed by atoms with Crippen LogP contribution in [0.25, 0.3) is 22.3 Å². The molecule has 3 heteroatoms. The third kappa shape index (κ3) is 6.18. The standard InChI is InChI=1S/C65H52N2S/c1-3-14-50(15-4-1)65(51-16-5-2-6-17-51)56-19-8-7-18-55(56)63-57(65)20-13-23-60(63)66(53-36-30-49(31-37-53)64-41-44-38-45(42-64)40-46(39-44)43-64)52-32-26-47(27-33-52)48-28-34-54(35-29-48)67-58-21-9-11-24-61(58)68-62-25-12-10-22-59(62)67/h1-37,44-46H,38-43H2. The Morgan fingerprint density at radius 1 is 0.412 bits per heavy atom. The predicted octanol–water partition coefficient (Wildman–Crippen LogP) is 17.6. The minimum atomic E-state index is -0.480. The molecule has 15 rings (SSSR count). The lowest BCUT2D eigenvalue weighted by atomic mass is 9.48. The molecule has 0 N–H and O–H groups in total. The second kappa shape index (κ2) is 15.8. The fraction of sp³-hybridized carbons (Fsp3) is 0.169. The molecule has 0 saturated heterocycles. The Morgan fingerprint density at radius 2 is 0.897 bits per heavy atom. The highest BCUT2D eigenvalue weighted by Crippen LogP contribution is 2.62. The number of para-hydroxylation sites is 2. The number of anilines is 6. The number of fused-ring (bicyclic) bond motifs is 5. The normalized spacial score (nSPS) is 21.1. The van der Waals surface area contributed by atoms with Crippen molar-refractivity contribution in [3.8, 4) is 22.3 Å². The first-order valence-corrected chi connectivity index (χ1v) is 25.6. The highest BCUT2D eigenvalue weighted by atomic mass is 32.2. The van der Waals surface area contributed by atoms with Crippen molar-refractivity contribution in [2.24, 2.45) is 17.8 Å². The van der Waals surface area contributed by atoms with Crippen molar-refractivity contribution >= 4 is 45.9 Å². The molecule has 328 valence electrons. The first-order valence-electron chi connectivity index (χ1n) is 24.7. The van der Waals surface area contributed by atoms with Gasteiger partial charge in [0.05, 0.1) is 22.5 Å². The molecule has 0 unspecified atom stereocenters. The molecule has 2 nitrogen and oxygen atoms in total. The van der Waals surface area contributed by atoms with Gasteiger partial charge in [-0.15, -0.1) is 0 Å². The average Bonchev–Trinajstić information content (AvgIpc) is 3.70. The van der Waals surface area contributed by atoms with Crippen molar-refractivity contribution in [3.05, 3.63) is 252 Å². The maximum Gasteiger partial charge on any atom is 0.0714 e. The molecule has 9 aromatic rings. The van der Waals surface area contributed by atoms with Crippen molar-refractivity contribution in [2.45, 2.75) is 59.1 Å². The van der Waals surface area contributed by atoms with E-state index in [0.717, 1.165) is 29.1 Å². The summed E-state index contributed by atoms with van der Waals surface area (Å²) in [4.78, 5) is 7.50. The lowest BCUT2D eigenvalue weighted by Crippen LogP contribution is -2.48. The fourth-order valence-electron chi connectivity index (χ4n) is 14.1. The van der Waals surface area contributed by atoms with Crippen molar-refractivity contribution in [3.63, 3.8) is 0 Å². The van der Waals surface area contributed by atoms with Gasteiger partial charge in [0.15, 0.2) is 0 Å². The third-order valence-electron chi connectivity index (χ3n) is 16.5. The smallest absolute Gasteiger partial charge is 0.0714 e. The van der Waals surface area contributed by atoms with Crippen LogP contribution in [0, 0.1) is 17.8 Å². The van der Waals surface area contributed by atoms with Gasteiger partial charge in [0, 0.05) is 32.4 Å². The summed E-state index contributed by atoms with van der Waals surface area (Å²) in [6.07, 6.45) is 8.48. The molecule has 68 heavy (non-hydrogen) atoms. The van der Waals surface area contributed by atoms with Crippen molar-refractivity contribution in [2.75, 3.05) is 9.80 Å². The van der Waals surface area contributed by atoms with Crippen LogP contribution < -0.4 is 9.80 Å². The molecule has 4 saturated carbocycles. The minimum Gasteiger partial charge on any atom is -0.310 e. The molecule has 5 aliphatic carbocycles. The highest BCUT2D eigenvalue weighted by molar-refractivity contribution is 7.99. The van der Waals surface area contributed by atoms with Gasteiger partial charge in [0.2, 0.25) is 0 Å². The second-order valence-corrected chi connectivity index (χ2v) is 21.4. The average molecular weight is 893 g/mol. The molecule has 0 amide bonds. The molecule has 0 atom stereocenters. The van der Waals surface area contributed by atoms with E-state index < -0.39 is 5.41 Å². The molecular formula is C65H52N2S. The zero-order valence-electron chi connectivity index (χ0n) is 38.1. The molecule has 1 aliphatic heterocycles. The quantitative estimate of drug-likeness (QED) is 0.150. The van der Waals surface area contributed by atoms with Crippen LogP contribution in [-0.4, -0.2) is 0 Å². The lowest BCUT2D eigenvalue weighted by Gasteiger charge is -2.57. The zero-order chi connectivity index (χ0) is 44.8. The Kier molecular flexibility index (Phi) is 9.28. The number of rotatable bonds is 8. The summed E-state index contributed by atoms with van der Waals surface area (Å²) < 4.78 is 0. The van der Waals surface area contributed by atoms with Crippen LogP contribution in [0.15, 0.2) is 234 Å². The van der Waals surface area contributed by atoms with E-state index in [4.69, 9.17) is 0 Å². The van der Waals surface area contributed by atoms with Crippen LogP contribution in [0.1, 0.15) is 66.3 Å². The summed E-state index contributed by atoms with van der Waals surface area (Å²) in [5, 5.41) is 0. The molecule has 4 fully saturated rings. The van der Waals surface area contributed by atoms with E-state index in [1.807, 2.05) is 11.8 Å². The molecule has 1 heterocycles.